The molecule has 8 nitrogen and oxygen atoms in total. The number of aromatic amines is 1. The van der Waals surface area contributed by atoms with Gasteiger partial charge >= 0.3 is 0 Å². The van der Waals surface area contributed by atoms with E-state index in [0.29, 0.717) is 22.8 Å². The number of piperidine rings is 1. The van der Waals surface area contributed by atoms with Crippen LogP contribution in [0.2, 0.25) is 0 Å². The van der Waals surface area contributed by atoms with E-state index >= 15 is 0 Å². The third kappa shape index (κ3) is 3.89. The first-order valence-electron chi connectivity index (χ1n) is 9.97. The van der Waals surface area contributed by atoms with Crippen molar-refractivity contribution < 1.29 is 4.42 Å². The Morgan fingerprint density at radius 3 is 2.97 bits per heavy atom. The molecule has 1 aliphatic rings. The van der Waals surface area contributed by atoms with E-state index in [1.54, 1.807) is 6.26 Å². The largest absolute Gasteiger partial charge is 0.467 e. The van der Waals surface area contributed by atoms with Crippen LogP contribution in [0.25, 0.3) is 10.2 Å². The van der Waals surface area contributed by atoms with Crippen LogP contribution in [0.4, 0.5) is 5.95 Å². The Labute approximate surface area is 181 Å². The normalized spacial score (nSPS) is 15.3. The number of hydrogen-bond acceptors (Lipinski definition) is 8. The molecule has 0 radical (unpaired) electrons. The Balaban J connectivity index is 1.41. The lowest BCUT2D eigenvalue weighted by Gasteiger charge is -2.31. The molecule has 1 fully saturated rings. The van der Waals surface area contributed by atoms with E-state index in [0.717, 1.165) is 54.2 Å². The monoisotopic (exact) mass is 442 g/mol. The minimum Gasteiger partial charge on any atom is -0.467 e. The first kappa shape index (κ1) is 19.4. The summed E-state index contributed by atoms with van der Waals surface area (Å²) < 4.78 is 8.33. The van der Waals surface area contributed by atoms with Gasteiger partial charge in [0.1, 0.15) is 16.3 Å². The molecule has 156 valence electrons. The highest BCUT2D eigenvalue weighted by atomic mass is 32.2. The van der Waals surface area contributed by atoms with Gasteiger partial charge in [-0.1, -0.05) is 18.7 Å². The van der Waals surface area contributed by atoms with Crippen molar-refractivity contribution in [2.24, 2.45) is 5.92 Å². The summed E-state index contributed by atoms with van der Waals surface area (Å²) in [4.78, 5) is 22.0. The lowest BCUT2D eigenvalue weighted by molar-refractivity contribution is 0.427. The summed E-state index contributed by atoms with van der Waals surface area (Å²) in [5.41, 5.74) is 0.644. The van der Waals surface area contributed by atoms with E-state index < -0.39 is 0 Å². The first-order chi connectivity index (χ1) is 14.7. The number of anilines is 1. The molecule has 5 heterocycles. The molecule has 1 saturated heterocycles. The van der Waals surface area contributed by atoms with Gasteiger partial charge in [0.2, 0.25) is 5.95 Å². The topological polar surface area (TPSA) is 92.8 Å². The second kappa shape index (κ2) is 8.27. The van der Waals surface area contributed by atoms with Crippen molar-refractivity contribution in [2.45, 2.75) is 37.2 Å². The molecular weight excluding hydrogens is 420 g/mol. The lowest BCUT2D eigenvalue weighted by atomic mass is 10.00. The van der Waals surface area contributed by atoms with Crippen molar-refractivity contribution in [1.82, 2.24) is 24.7 Å². The molecule has 0 aromatic carbocycles. The van der Waals surface area contributed by atoms with Crippen LogP contribution in [0, 0.1) is 5.92 Å². The number of rotatable bonds is 6. The molecule has 4 aromatic heterocycles. The number of furan rings is 1. The van der Waals surface area contributed by atoms with Gasteiger partial charge in [-0.2, -0.15) is 0 Å². The Morgan fingerprint density at radius 2 is 2.17 bits per heavy atom. The van der Waals surface area contributed by atoms with Crippen LogP contribution in [-0.2, 0) is 12.3 Å². The van der Waals surface area contributed by atoms with Crippen LogP contribution in [0.15, 0.2) is 44.2 Å². The van der Waals surface area contributed by atoms with Crippen molar-refractivity contribution in [3.8, 4) is 0 Å². The molecule has 1 aliphatic heterocycles. The molecule has 5 rings (SSSR count). The van der Waals surface area contributed by atoms with Crippen LogP contribution >= 0.6 is 23.1 Å². The molecule has 0 unspecified atom stereocenters. The highest BCUT2D eigenvalue weighted by Gasteiger charge is 2.23. The van der Waals surface area contributed by atoms with Gasteiger partial charge < -0.3 is 14.3 Å². The molecule has 0 aliphatic carbocycles. The Hall–Kier alpha value is -2.59. The number of H-pyrrole nitrogens is 1. The Bertz CT molecular complexity index is 1190. The van der Waals surface area contributed by atoms with Gasteiger partial charge in [-0.05, 0) is 42.3 Å². The predicted octanol–water partition coefficient (Wildman–Crippen LogP) is 3.75. The van der Waals surface area contributed by atoms with Crippen LogP contribution in [0.5, 0.6) is 0 Å². The summed E-state index contributed by atoms with van der Waals surface area (Å²) in [5.74, 6) is 3.61. The van der Waals surface area contributed by atoms with Gasteiger partial charge in [0.15, 0.2) is 5.16 Å². The van der Waals surface area contributed by atoms with Crippen LogP contribution in [-0.4, -0.2) is 37.8 Å². The molecule has 0 spiro atoms. The number of thioether (sulfide) groups is 1. The minimum absolute atomic E-state index is 0.0919. The zero-order valence-electron chi connectivity index (χ0n) is 16.6. The van der Waals surface area contributed by atoms with Crippen molar-refractivity contribution >= 4 is 39.3 Å². The molecule has 10 heteroatoms. The van der Waals surface area contributed by atoms with Crippen molar-refractivity contribution in [3.63, 3.8) is 0 Å². The molecule has 0 bridgehead atoms. The van der Waals surface area contributed by atoms with Gasteiger partial charge in [0.25, 0.3) is 5.56 Å². The van der Waals surface area contributed by atoms with E-state index in [1.807, 2.05) is 23.6 Å². The summed E-state index contributed by atoms with van der Waals surface area (Å²) in [5, 5.41) is 11.6. The van der Waals surface area contributed by atoms with Gasteiger partial charge in [0.05, 0.1) is 24.1 Å². The van der Waals surface area contributed by atoms with Gasteiger partial charge in [-0.25, -0.2) is 4.98 Å². The molecule has 0 saturated carbocycles. The fourth-order valence-corrected chi connectivity index (χ4v) is 5.18. The SMILES string of the molecule is CC1CCN(c2nnc(SCc3nc4ccsc4c(=O)[nH]3)n2Cc2ccco2)CC1. The van der Waals surface area contributed by atoms with E-state index in [2.05, 4.69) is 36.6 Å². The highest BCUT2D eigenvalue weighted by Crippen LogP contribution is 2.28. The molecule has 0 amide bonds. The molecule has 0 atom stereocenters. The average molecular weight is 443 g/mol. The van der Waals surface area contributed by atoms with Crippen LogP contribution in [0.1, 0.15) is 31.4 Å². The van der Waals surface area contributed by atoms with E-state index in [9.17, 15) is 4.79 Å². The van der Waals surface area contributed by atoms with Crippen molar-refractivity contribution in [1.29, 1.82) is 0 Å². The Kier molecular flexibility index (Phi) is 5.34. The second-order valence-electron chi connectivity index (χ2n) is 7.55. The maximum atomic E-state index is 12.2. The number of nitrogens with one attached hydrogen (secondary N) is 1. The third-order valence-electron chi connectivity index (χ3n) is 5.36. The maximum Gasteiger partial charge on any atom is 0.268 e. The van der Waals surface area contributed by atoms with Crippen LogP contribution < -0.4 is 10.5 Å². The quantitative estimate of drug-likeness (QED) is 0.455. The summed E-state index contributed by atoms with van der Waals surface area (Å²) >= 11 is 2.92. The third-order valence-corrected chi connectivity index (χ3v) is 7.24. The fourth-order valence-electron chi connectivity index (χ4n) is 3.65. The molecular formula is C20H22N6O2S2. The smallest absolute Gasteiger partial charge is 0.268 e. The zero-order chi connectivity index (χ0) is 20.5. The van der Waals surface area contributed by atoms with E-state index in [-0.39, 0.29) is 5.56 Å². The minimum atomic E-state index is -0.0919. The number of nitrogens with zero attached hydrogens (tertiary/aromatic N) is 5. The molecule has 30 heavy (non-hydrogen) atoms. The number of thiophene rings is 1. The maximum absolute atomic E-state index is 12.2. The van der Waals surface area contributed by atoms with Gasteiger partial charge in [-0.3, -0.25) is 9.36 Å². The standard InChI is InChI=1S/C20H22N6O2S2/c1-13-4-7-25(8-5-13)19-23-24-20(26(19)11-14-3-2-9-28-14)30-12-16-21-15-6-10-29-17(15)18(27)22-16/h2-3,6,9-10,13H,4-5,7-8,11-12H2,1H3,(H,21,22,27). The predicted molar refractivity (Wildman–Crippen MR) is 118 cm³/mol. The number of fused-ring (bicyclic) bond motifs is 1. The van der Waals surface area contributed by atoms with Gasteiger partial charge in [-0.15, -0.1) is 21.5 Å². The van der Waals surface area contributed by atoms with Gasteiger partial charge in [0, 0.05) is 13.1 Å². The average Bonchev–Trinajstić information content (AvgIpc) is 3.49. The summed E-state index contributed by atoms with van der Waals surface area (Å²) in [6, 6.07) is 5.72. The lowest BCUT2D eigenvalue weighted by Crippen LogP contribution is -2.35. The summed E-state index contributed by atoms with van der Waals surface area (Å²) in [6.07, 6.45) is 3.99. The first-order valence-corrected chi connectivity index (χ1v) is 11.8. The second-order valence-corrected chi connectivity index (χ2v) is 9.41. The number of aromatic nitrogens is 5. The summed E-state index contributed by atoms with van der Waals surface area (Å²) in [7, 11) is 0. The van der Waals surface area contributed by atoms with E-state index in [1.165, 1.54) is 23.1 Å². The fraction of sp³-hybridized carbons (Fsp3) is 0.400. The number of hydrogen-bond donors (Lipinski definition) is 1. The Morgan fingerprint density at radius 1 is 1.30 bits per heavy atom. The van der Waals surface area contributed by atoms with Crippen molar-refractivity contribution in [3.05, 3.63) is 51.8 Å². The van der Waals surface area contributed by atoms with Crippen molar-refractivity contribution in [2.75, 3.05) is 18.0 Å². The zero-order valence-corrected chi connectivity index (χ0v) is 18.2. The van der Waals surface area contributed by atoms with E-state index in [4.69, 9.17) is 4.42 Å². The molecule has 1 N–H and O–H groups in total. The van der Waals surface area contributed by atoms with Crippen LogP contribution in [0.3, 0.4) is 0 Å². The summed E-state index contributed by atoms with van der Waals surface area (Å²) in [6.45, 7) is 4.82. The molecule has 4 aromatic rings. The highest BCUT2D eigenvalue weighted by molar-refractivity contribution is 7.98.